The molecular formula is C20H20F2NO2PS. The van der Waals surface area contributed by atoms with Crippen LogP contribution >= 0.6 is 19.6 Å². The van der Waals surface area contributed by atoms with Crippen LogP contribution in [0.5, 0.6) is 5.75 Å². The minimum Gasteiger partial charge on any atom is -0.451 e. The Kier molecular flexibility index (Phi) is 5.89. The Morgan fingerprint density at radius 3 is 2.48 bits per heavy atom. The van der Waals surface area contributed by atoms with Crippen molar-refractivity contribution >= 4 is 36.0 Å². The van der Waals surface area contributed by atoms with Crippen molar-refractivity contribution in [2.45, 2.75) is 25.6 Å². The van der Waals surface area contributed by atoms with Crippen molar-refractivity contribution in [2.24, 2.45) is 0 Å². The average Bonchev–Trinajstić information content (AvgIpc) is 3.08. The highest BCUT2D eigenvalue weighted by Gasteiger charge is 2.48. The average molecular weight is 407 g/mol. The molecule has 1 aromatic heterocycles. The fourth-order valence-corrected chi connectivity index (χ4v) is 5.13. The Morgan fingerprint density at radius 1 is 1.15 bits per heavy atom. The standard InChI is InChI=1S/C20H20F2NO2PS/c1-14(2)23(3)26(25-17-7-5-4-6-8-17)20(21,22)16-9-10-19-15(11-16)12-18(13-24)27-19/h4-14H,1-3H3. The summed E-state index contributed by atoms with van der Waals surface area (Å²) in [6.07, 6.45) is 0.737. The SMILES string of the molecule is CC(C)N(C)P(Oc1ccccc1)C(F)(F)c1ccc2sc(C=O)cc2c1. The Labute approximate surface area is 162 Å². The number of carbonyl (C=O) groups is 1. The lowest BCUT2D eigenvalue weighted by atomic mass is 10.1. The number of rotatable bonds is 7. The van der Waals surface area contributed by atoms with Crippen molar-refractivity contribution in [3.05, 3.63) is 65.0 Å². The number of thiophene rings is 1. The van der Waals surface area contributed by atoms with E-state index in [9.17, 15) is 4.79 Å². The summed E-state index contributed by atoms with van der Waals surface area (Å²) in [4.78, 5) is 11.5. The van der Waals surface area contributed by atoms with E-state index in [-0.39, 0.29) is 11.6 Å². The predicted molar refractivity (Wildman–Crippen MR) is 108 cm³/mol. The van der Waals surface area contributed by atoms with Crippen molar-refractivity contribution in [1.29, 1.82) is 0 Å². The molecule has 0 N–H and O–H groups in total. The number of para-hydroxylation sites is 1. The van der Waals surface area contributed by atoms with Crippen LogP contribution in [-0.4, -0.2) is 24.0 Å². The molecular weight excluding hydrogens is 387 g/mol. The van der Waals surface area contributed by atoms with Gasteiger partial charge in [0.25, 0.3) is 0 Å². The van der Waals surface area contributed by atoms with Gasteiger partial charge in [0.05, 0.1) is 4.88 Å². The molecule has 3 rings (SSSR count). The Bertz CT molecular complexity index is 930. The van der Waals surface area contributed by atoms with Gasteiger partial charge in [-0.2, -0.15) is 8.78 Å². The second-order valence-corrected chi connectivity index (χ2v) is 9.44. The van der Waals surface area contributed by atoms with Crippen LogP contribution in [0.25, 0.3) is 10.1 Å². The van der Waals surface area contributed by atoms with Gasteiger partial charge in [-0.05, 0) is 56.6 Å². The summed E-state index contributed by atoms with van der Waals surface area (Å²) in [6.45, 7) is 3.72. The lowest BCUT2D eigenvalue weighted by molar-refractivity contribution is 0.0777. The van der Waals surface area contributed by atoms with E-state index in [2.05, 4.69) is 0 Å². The van der Waals surface area contributed by atoms with E-state index in [0.29, 0.717) is 16.0 Å². The summed E-state index contributed by atoms with van der Waals surface area (Å²) in [7, 11) is -0.622. The number of carbonyl (C=O) groups excluding carboxylic acids is 1. The van der Waals surface area contributed by atoms with Crippen LogP contribution in [0, 0.1) is 0 Å². The van der Waals surface area contributed by atoms with E-state index in [4.69, 9.17) is 4.52 Å². The summed E-state index contributed by atoms with van der Waals surface area (Å²) >= 11 is 1.29. The van der Waals surface area contributed by atoms with E-state index in [0.717, 1.165) is 11.0 Å². The van der Waals surface area contributed by atoms with Gasteiger partial charge in [0.1, 0.15) is 5.75 Å². The molecule has 0 aliphatic carbocycles. The van der Waals surface area contributed by atoms with Gasteiger partial charge >= 0.3 is 5.66 Å². The number of alkyl halides is 2. The molecule has 0 bridgehead atoms. The molecule has 7 heteroatoms. The highest BCUT2D eigenvalue weighted by atomic mass is 32.1. The Hall–Kier alpha value is -1.88. The van der Waals surface area contributed by atoms with Crippen molar-refractivity contribution < 1.29 is 18.1 Å². The fourth-order valence-electron chi connectivity index (χ4n) is 2.53. The van der Waals surface area contributed by atoms with Gasteiger partial charge in [0, 0.05) is 16.3 Å². The largest absolute Gasteiger partial charge is 0.451 e. The molecule has 0 amide bonds. The molecule has 142 valence electrons. The van der Waals surface area contributed by atoms with Crippen LogP contribution in [0.2, 0.25) is 0 Å². The zero-order chi connectivity index (χ0) is 19.6. The molecule has 0 spiro atoms. The maximum Gasteiger partial charge on any atom is 0.339 e. The van der Waals surface area contributed by atoms with Crippen LogP contribution in [0.4, 0.5) is 8.78 Å². The van der Waals surface area contributed by atoms with Gasteiger partial charge in [0.2, 0.25) is 8.30 Å². The normalized spacial score (nSPS) is 13.3. The molecule has 3 nitrogen and oxygen atoms in total. The molecule has 1 unspecified atom stereocenters. The highest BCUT2D eigenvalue weighted by molar-refractivity contribution is 7.51. The van der Waals surface area contributed by atoms with Crippen LogP contribution in [0.1, 0.15) is 29.1 Å². The first kappa shape index (κ1) is 19.9. The number of hydrogen-bond acceptors (Lipinski definition) is 4. The topological polar surface area (TPSA) is 29.5 Å². The Balaban J connectivity index is 2.01. The van der Waals surface area contributed by atoms with Crippen LogP contribution in [0.15, 0.2) is 54.6 Å². The number of halogens is 2. The van der Waals surface area contributed by atoms with Crippen LogP contribution in [0.3, 0.4) is 0 Å². The third kappa shape index (κ3) is 4.18. The van der Waals surface area contributed by atoms with Crippen molar-refractivity contribution in [3.8, 4) is 5.75 Å². The summed E-state index contributed by atoms with van der Waals surface area (Å²) in [5.74, 6) is 0.413. The van der Waals surface area contributed by atoms with Gasteiger partial charge in [-0.3, -0.25) is 4.79 Å². The molecule has 0 aliphatic heterocycles. The fraction of sp³-hybridized carbons (Fsp3) is 0.250. The maximum atomic E-state index is 15.5. The summed E-state index contributed by atoms with van der Waals surface area (Å²) in [5.41, 5.74) is -3.30. The molecule has 0 fully saturated rings. The van der Waals surface area contributed by atoms with Crippen molar-refractivity contribution in [3.63, 3.8) is 0 Å². The third-order valence-electron chi connectivity index (χ3n) is 4.21. The number of benzene rings is 2. The first-order valence-electron chi connectivity index (χ1n) is 8.46. The number of fused-ring (bicyclic) bond motifs is 1. The lowest BCUT2D eigenvalue weighted by Gasteiger charge is -2.35. The summed E-state index contributed by atoms with van der Waals surface area (Å²) in [6, 6.07) is 14.7. The van der Waals surface area contributed by atoms with E-state index < -0.39 is 14.0 Å². The predicted octanol–water partition coefficient (Wildman–Crippen LogP) is 6.49. The molecule has 0 aliphatic rings. The van der Waals surface area contributed by atoms with Crippen LogP contribution < -0.4 is 4.52 Å². The van der Waals surface area contributed by atoms with Gasteiger partial charge in [-0.1, -0.05) is 24.3 Å². The second kappa shape index (κ2) is 8.01. The monoisotopic (exact) mass is 407 g/mol. The molecule has 1 heterocycles. The molecule has 0 saturated heterocycles. The van der Waals surface area contributed by atoms with Gasteiger partial charge < -0.3 is 4.52 Å². The van der Waals surface area contributed by atoms with Crippen LogP contribution in [-0.2, 0) is 5.66 Å². The first-order chi connectivity index (χ1) is 12.8. The lowest BCUT2D eigenvalue weighted by Crippen LogP contribution is -2.30. The van der Waals surface area contributed by atoms with Gasteiger partial charge in [0.15, 0.2) is 6.29 Å². The van der Waals surface area contributed by atoms with E-state index in [1.54, 1.807) is 48.1 Å². The summed E-state index contributed by atoms with van der Waals surface area (Å²) in [5, 5.41) is 0.640. The highest BCUT2D eigenvalue weighted by Crippen LogP contribution is 2.61. The van der Waals surface area contributed by atoms with Crippen molar-refractivity contribution in [1.82, 2.24) is 4.67 Å². The van der Waals surface area contributed by atoms with Gasteiger partial charge in [-0.15, -0.1) is 11.3 Å². The second-order valence-electron chi connectivity index (χ2n) is 6.41. The smallest absolute Gasteiger partial charge is 0.339 e. The number of aldehydes is 1. The molecule has 0 saturated carbocycles. The molecule has 27 heavy (non-hydrogen) atoms. The number of nitrogens with zero attached hydrogens (tertiary/aromatic N) is 1. The molecule has 0 radical (unpaired) electrons. The molecule has 2 aromatic carbocycles. The Morgan fingerprint density at radius 2 is 1.85 bits per heavy atom. The quantitative estimate of drug-likeness (QED) is 0.331. The van der Waals surface area contributed by atoms with Crippen molar-refractivity contribution in [2.75, 3.05) is 7.05 Å². The summed E-state index contributed by atoms with van der Waals surface area (Å²) < 4.78 is 39.2. The van der Waals surface area contributed by atoms with E-state index >= 15 is 8.78 Å². The molecule has 3 aromatic rings. The zero-order valence-corrected chi connectivity index (χ0v) is 16.9. The van der Waals surface area contributed by atoms with E-state index in [1.807, 2.05) is 19.9 Å². The minimum atomic E-state index is -3.19. The third-order valence-corrected chi connectivity index (χ3v) is 7.41. The van der Waals surface area contributed by atoms with E-state index in [1.165, 1.54) is 23.5 Å². The first-order valence-corrected chi connectivity index (χ1v) is 10.5. The van der Waals surface area contributed by atoms with Gasteiger partial charge in [-0.25, -0.2) is 4.67 Å². The minimum absolute atomic E-state index is 0.111. The zero-order valence-electron chi connectivity index (χ0n) is 15.2. The maximum absolute atomic E-state index is 15.5. The molecule has 1 atom stereocenters. The number of hydrogen-bond donors (Lipinski definition) is 0.